The van der Waals surface area contributed by atoms with E-state index >= 15 is 0 Å². The Bertz CT molecular complexity index is 372. The summed E-state index contributed by atoms with van der Waals surface area (Å²) in [4.78, 5) is 2.42. The Labute approximate surface area is 102 Å². The summed E-state index contributed by atoms with van der Waals surface area (Å²) in [7, 11) is 0. The zero-order chi connectivity index (χ0) is 12.1. The number of nitrogens with one attached hydrogen (secondary N) is 1. The summed E-state index contributed by atoms with van der Waals surface area (Å²) in [5.74, 6) is -0.182. The van der Waals surface area contributed by atoms with E-state index in [1.54, 1.807) is 12.1 Å². The van der Waals surface area contributed by atoms with Crippen molar-refractivity contribution in [2.24, 2.45) is 0 Å². The number of rotatable bonds is 3. The molecular formula is C14H19FN2. The van der Waals surface area contributed by atoms with Crippen molar-refractivity contribution >= 4 is 6.08 Å². The van der Waals surface area contributed by atoms with E-state index in [1.807, 2.05) is 6.08 Å². The second kappa shape index (κ2) is 5.94. The molecule has 0 saturated carbocycles. The molecule has 3 heteroatoms. The van der Waals surface area contributed by atoms with Gasteiger partial charge in [-0.15, -0.1) is 0 Å². The quantitative estimate of drug-likeness (QED) is 0.862. The van der Waals surface area contributed by atoms with Crippen LogP contribution in [0.3, 0.4) is 0 Å². The Hall–Kier alpha value is -1.19. The van der Waals surface area contributed by atoms with E-state index in [-0.39, 0.29) is 5.82 Å². The number of piperazine rings is 1. The Morgan fingerprint density at radius 3 is 2.88 bits per heavy atom. The molecule has 1 N–H and O–H groups in total. The number of benzene rings is 1. The fourth-order valence-corrected chi connectivity index (χ4v) is 2.09. The van der Waals surface area contributed by atoms with Crippen LogP contribution in [-0.2, 0) is 0 Å². The van der Waals surface area contributed by atoms with Gasteiger partial charge in [0.05, 0.1) is 0 Å². The molecule has 0 spiro atoms. The largest absolute Gasteiger partial charge is 0.312 e. The highest BCUT2D eigenvalue weighted by Crippen LogP contribution is 2.05. The summed E-state index contributed by atoms with van der Waals surface area (Å²) in [5.41, 5.74) is 1.05. The van der Waals surface area contributed by atoms with Crippen LogP contribution in [-0.4, -0.2) is 37.1 Å². The van der Waals surface area contributed by atoms with Gasteiger partial charge in [0.1, 0.15) is 5.82 Å². The van der Waals surface area contributed by atoms with Crippen LogP contribution in [0.4, 0.5) is 4.39 Å². The van der Waals surface area contributed by atoms with Crippen LogP contribution in [0.25, 0.3) is 6.08 Å². The summed E-state index contributed by atoms with van der Waals surface area (Å²) in [6, 6.07) is 7.15. The van der Waals surface area contributed by atoms with E-state index in [2.05, 4.69) is 23.2 Å². The van der Waals surface area contributed by atoms with Crippen LogP contribution in [0.5, 0.6) is 0 Å². The Kier molecular flexibility index (Phi) is 4.29. The minimum atomic E-state index is -0.182. The van der Waals surface area contributed by atoms with Gasteiger partial charge in [-0.25, -0.2) is 4.39 Å². The minimum Gasteiger partial charge on any atom is -0.312 e. The Balaban J connectivity index is 1.82. The smallest absolute Gasteiger partial charge is 0.123 e. The first-order valence-electron chi connectivity index (χ1n) is 6.12. The lowest BCUT2D eigenvalue weighted by Crippen LogP contribution is -2.49. The third-order valence-corrected chi connectivity index (χ3v) is 3.00. The standard InChI is InChI=1S/C14H19FN2/c1-12-11-17(10-8-16-12)9-2-3-13-4-6-14(15)7-5-13/h2-7,12,16H,8-11H2,1H3/b3-2+. The SMILES string of the molecule is CC1CN(C/C=C/c2ccc(F)cc2)CCN1. The van der Waals surface area contributed by atoms with E-state index in [1.165, 1.54) is 12.1 Å². The molecule has 1 saturated heterocycles. The lowest BCUT2D eigenvalue weighted by molar-refractivity contribution is 0.227. The molecular weight excluding hydrogens is 215 g/mol. The zero-order valence-corrected chi connectivity index (χ0v) is 10.2. The van der Waals surface area contributed by atoms with Crippen LogP contribution < -0.4 is 5.32 Å². The van der Waals surface area contributed by atoms with Crippen LogP contribution in [0.1, 0.15) is 12.5 Å². The van der Waals surface area contributed by atoms with Gasteiger partial charge in [-0.05, 0) is 24.6 Å². The number of halogens is 1. The van der Waals surface area contributed by atoms with Crippen molar-refractivity contribution in [3.8, 4) is 0 Å². The first kappa shape index (κ1) is 12.3. The average molecular weight is 234 g/mol. The molecule has 92 valence electrons. The van der Waals surface area contributed by atoms with Crippen LogP contribution in [0.2, 0.25) is 0 Å². The summed E-state index contributed by atoms with van der Waals surface area (Å²) >= 11 is 0. The van der Waals surface area contributed by atoms with Gasteiger partial charge >= 0.3 is 0 Å². The second-order valence-electron chi connectivity index (χ2n) is 4.57. The molecule has 1 heterocycles. The van der Waals surface area contributed by atoms with Gasteiger partial charge in [0, 0.05) is 32.2 Å². The van der Waals surface area contributed by atoms with Crippen LogP contribution in [0.15, 0.2) is 30.3 Å². The highest BCUT2D eigenvalue weighted by Gasteiger charge is 2.13. The molecule has 0 amide bonds. The molecule has 0 aliphatic carbocycles. The van der Waals surface area contributed by atoms with Gasteiger partial charge in [0.25, 0.3) is 0 Å². The highest BCUT2D eigenvalue weighted by molar-refractivity contribution is 5.48. The lowest BCUT2D eigenvalue weighted by Gasteiger charge is -2.30. The predicted octanol–water partition coefficient (Wildman–Crippen LogP) is 2.13. The maximum atomic E-state index is 12.7. The predicted molar refractivity (Wildman–Crippen MR) is 69.3 cm³/mol. The van der Waals surface area contributed by atoms with Gasteiger partial charge in [0.2, 0.25) is 0 Å². The van der Waals surface area contributed by atoms with Crippen LogP contribution in [0, 0.1) is 5.82 Å². The monoisotopic (exact) mass is 234 g/mol. The molecule has 1 atom stereocenters. The average Bonchev–Trinajstić information content (AvgIpc) is 2.32. The molecule has 1 aliphatic heterocycles. The van der Waals surface area contributed by atoms with Gasteiger partial charge in [-0.3, -0.25) is 4.90 Å². The molecule has 0 bridgehead atoms. The van der Waals surface area contributed by atoms with Crippen molar-refractivity contribution in [1.29, 1.82) is 0 Å². The first-order chi connectivity index (χ1) is 8.24. The summed E-state index contributed by atoms with van der Waals surface area (Å²) in [5, 5.41) is 3.42. The van der Waals surface area contributed by atoms with E-state index < -0.39 is 0 Å². The van der Waals surface area contributed by atoms with Crippen molar-refractivity contribution in [2.75, 3.05) is 26.2 Å². The van der Waals surface area contributed by atoms with Crippen LogP contribution >= 0.6 is 0 Å². The number of hydrogen-bond acceptors (Lipinski definition) is 2. The molecule has 1 fully saturated rings. The van der Waals surface area contributed by atoms with Crippen molar-refractivity contribution in [3.63, 3.8) is 0 Å². The molecule has 1 unspecified atom stereocenters. The zero-order valence-electron chi connectivity index (χ0n) is 10.2. The summed E-state index contributed by atoms with van der Waals surface area (Å²) in [6.45, 7) is 6.41. The van der Waals surface area contributed by atoms with Gasteiger partial charge in [-0.1, -0.05) is 24.3 Å². The number of nitrogens with zero attached hydrogens (tertiary/aromatic N) is 1. The first-order valence-corrected chi connectivity index (χ1v) is 6.12. The van der Waals surface area contributed by atoms with Gasteiger partial charge in [-0.2, -0.15) is 0 Å². The molecule has 17 heavy (non-hydrogen) atoms. The maximum Gasteiger partial charge on any atom is 0.123 e. The number of hydrogen-bond donors (Lipinski definition) is 1. The van der Waals surface area contributed by atoms with E-state index in [4.69, 9.17) is 0 Å². The van der Waals surface area contributed by atoms with Crippen molar-refractivity contribution in [1.82, 2.24) is 10.2 Å². The molecule has 0 aromatic heterocycles. The Morgan fingerprint density at radius 2 is 2.18 bits per heavy atom. The summed E-state index contributed by atoms with van der Waals surface area (Å²) in [6.07, 6.45) is 4.19. The van der Waals surface area contributed by atoms with Gasteiger partial charge in [0.15, 0.2) is 0 Å². The Morgan fingerprint density at radius 1 is 1.41 bits per heavy atom. The van der Waals surface area contributed by atoms with Crippen molar-refractivity contribution in [3.05, 3.63) is 41.7 Å². The lowest BCUT2D eigenvalue weighted by atomic mass is 10.2. The normalized spacial score (nSPS) is 22.1. The van der Waals surface area contributed by atoms with E-state index in [0.29, 0.717) is 6.04 Å². The van der Waals surface area contributed by atoms with Gasteiger partial charge < -0.3 is 5.32 Å². The second-order valence-corrected chi connectivity index (χ2v) is 4.57. The van der Waals surface area contributed by atoms with Crippen molar-refractivity contribution in [2.45, 2.75) is 13.0 Å². The maximum absolute atomic E-state index is 12.7. The molecule has 1 aromatic carbocycles. The fraction of sp³-hybridized carbons (Fsp3) is 0.429. The fourth-order valence-electron chi connectivity index (χ4n) is 2.09. The highest BCUT2D eigenvalue weighted by atomic mass is 19.1. The minimum absolute atomic E-state index is 0.182. The topological polar surface area (TPSA) is 15.3 Å². The third-order valence-electron chi connectivity index (χ3n) is 3.00. The summed E-state index contributed by atoms with van der Waals surface area (Å²) < 4.78 is 12.7. The molecule has 1 aliphatic rings. The molecule has 1 aromatic rings. The molecule has 0 radical (unpaired) electrons. The van der Waals surface area contributed by atoms with E-state index in [9.17, 15) is 4.39 Å². The van der Waals surface area contributed by atoms with Crippen molar-refractivity contribution < 1.29 is 4.39 Å². The van der Waals surface area contributed by atoms with E-state index in [0.717, 1.165) is 31.7 Å². The third kappa shape index (κ3) is 3.95. The molecule has 2 rings (SSSR count). The molecule has 2 nitrogen and oxygen atoms in total.